The van der Waals surface area contributed by atoms with Crippen LogP contribution < -0.4 is 20.5 Å². The lowest BCUT2D eigenvalue weighted by Crippen LogP contribution is -2.28. The summed E-state index contributed by atoms with van der Waals surface area (Å²) in [5.41, 5.74) is 10.2. The van der Waals surface area contributed by atoms with Crippen molar-refractivity contribution in [2.75, 3.05) is 19.5 Å². The number of phenolic OH excluding ortho intramolecular Hbond substituents is 1. The quantitative estimate of drug-likeness (QED) is 0.495. The minimum absolute atomic E-state index is 0.114. The average molecular weight is 464 g/mol. The predicted octanol–water partition coefficient (Wildman–Crippen LogP) is 4.51. The van der Waals surface area contributed by atoms with Gasteiger partial charge in [0.1, 0.15) is 0 Å². The molecule has 0 spiro atoms. The Bertz CT molecular complexity index is 1310. The molecule has 1 heterocycles. The van der Waals surface area contributed by atoms with Gasteiger partial charge in [-0.15, -0.1) is 0 Å². The number of benzene rings is 2. The highest BCUT2D eigenvalue weighted by atomic mass is 16.5. The number of primary amides is 1. The van der Waals surface area contributed by atoms with Gasteiger partial charge in [-0.25, -0.2) is 0 Å². The number of rotatable bonds is 6. The van der Waals surface area contributed by atoms with E-state index in [-0.39, 0.29) is 28.3 Å². The van der Waals surface area contributed by atoms with Crippen LogP contribution in [0.15, 0.2) is 36.5 Å². The first-order valence-corrected chi connectivity index (χ1v) is 10.9. The number of Topliss-reactive ketones (excluding diaryl/α,β-unsaturated/α-hetero) is 1. The van der Waals surface area contributed by atoms with Gasteiger partial charge >= 0.3 is 0 Å². The molecule has 1 amide bonds. The number of aromatic nitrogens is 1. The van der Waals surface area contributed by atoms with E-state index >= 15 is 0 Å². The molecule has 4 N–H and O–H groups in total. The number of carbonyl (C=O) groups is 2. The molecule has 1 aliphatic rings. The molecule has 4 rings (SSSR count). The number of aromatic hydroxyl groups is 1. The van der Waals surface area contributed by atoms with Crippen LogP contribution >= 0.6 is 0 Å². The number of anilines is 2. The largest absolute Gasteiger partial charge is 0.504 e. The first kappa shape index (κ1) is 23.2. The van der Waals surface area contributed by atoms with Crippen LogP contribution in [0.2, 0.25) is 0 Å². The van der Waals surface area contributed by atoms with Crippen molar-refractivity contribution in [2.45, 2.75) is 33.6 Å². The van der Waals surface area contributed by atoms with Gasteiger partial charge in [0.15, 0.2) is 17.3 Å². The Kier molecular flexibility index (Phi) is 5.77. The molecule has 8 heteroatoms. The Morgan fingerprint density at radius 2 is 1.88 bits per heavy atom. The SMILES string of the molecule is COc1cc(Nc2cc(-n3cc(C)c4c3CC(C)(C)CC4=O)ccc2C(N)=O)cc(O)c1OC. The molecule has 0 saturated carbocycles. The van der Waals surface area contributed by atoms with E-state index in [4.69, 9.17) is 15.2 Å². The summed E-state index contributed by atoms with van der Waals surface area (Å²) in [6, 6.07) is 8.39. The van der Waals surface area contributed by atoms with Crippen LogP contribution in [0.4, 0.5) is 11.4 Å². The molecule has 0 bridgehead atoms. The van der Waals surface area contributed by atoms with Gasteiger partial charge in [0.05, 0.1) is 25.5 Å². The number of nitrogens with two attached hydrogens (primary N) is 1. The van der Waals surface area contributed by atoms with Crippen molar-refractivity contribution in [3.05, 3.63) is 58.9 Å². The van der Waals surface area contributed by atoms with Gasteiger partial charge in [-0.3, -0.25) is 9.59 Å². The van der Waals surface area contributed by atoms with Crippen LogP contribution in [0.3, 0.4) is 0 Å². The maximum absolute atomic E-state index is 12.8. The van der Waals surface area contributed by atoms with Crippen LogP contribution in [0, 0.1) is 12.3 Å². The number of carbonyl (C=O) groups excluding carboxylic acids is 2. The van der Waals surface area contributed by atoms with E-state index in [0.717, 1.165) is 28.9 Å². The first-order chi connectivity index (χ1) is 16.0. The lowest BCUT2D eigenvalue weighted by Gasteiger charge is -2.30. The van der Waals surface area contributed by atoms with Gasteiger partial charge in [-0.05, 0) is 42.5 Å². The second-order valence-electron chi connectivity index (χ2n) is 9.39. The summed E-state index contributed by atoms with van der Waals surface area (Å²) in [5.74, 6) is -0.0237. The fourth-order valence-electron chi connectivity index (χ4n) is 4.68. The number of fused-ring (bicyclic) bond motifs is 1. The average Bonchev–Trinajstić information content (AvgIpc) is 3.08. The van der Waals surface area contributed by atoms with E-state index in [1.165, 1.54) is 20.3 Å². The van der Waals surface area contributed by atoms with Crippen LogP contribution in [0.1, 0.15) is 52.2 Å². The van der Waals surface area contributed by atoms with Crippen LogP contribution in [-0.4, -0.2) is 35.6 Å². The van der Waals surface area contributed by atoms with E-state index in [2.05, 4.69) is 19.2 Å². The third kappa shape index (κ3) is 4.07. The van der Waals surface area contributed by atoms with Crippen molar-refractivity contribution in [1.29, 1.82) is 0 Å². The van der Waals surface area contributed by atoms with E-state index in [0.29, 0.717) is 23.5 Å². The second-order valence-corrected chi connectivity index (χ2v) is 9.39. The molecule has 34 heavy (non-hydrogen) atoms. The van der Waals surface area contributed by atoms with Crippen LogP contribution in [-0.2, 0) is 6.42 Å². The fourth-order valence-corrected chi connectivity index (χ4v) is 4.68. The molecule has 178 valence electrons. The number of ether oxygens (including phenoxy) is 2. The molecule has 0 fully saturated rings. The monoisotopic (exact) mass is 463 g/mol. The zero-order chi connectivity index (χ0) is 24.8. The number of amides is 1. The minimum atomic E-state index is -0.597. The maximum Gasteiger partial charge on any atom is 0.250 e. The zero-order valence-electron chi connectivity index (χ0n) is 20.0. The highest BCUT2D eigenvalue weighted by Gasteiger charge is 2.34. The van der Waals surface area contributed by atoms with Gasteiger partial charge in [0.25, 0.3) is 5.91 Å². The number of phenols is 1. The third-order valence-corrected chi connectivity index (χ3v) is 6.15. The highest BCUT2D eigenvalue weighted by Crippen LogP contribution is 2.41. The van der Waals surface area contributed by atoms with E-state index in [1.54, 1.807) is 18.2 Å². The molecule has 8 nitrogen and oxygen atoms in total. The van der Waals surface area contributed by atoms with Gasteiger partial charge in [-0.1, -0.05) is 13.8 Å². The molecule has 0 aliphatic heterocycles. The Morgan fingerprint density at radius 1 is 1.15 bits per heavy atom. The van der Waals surface area contributed by atoms with E-state index in [1.807, 2.05) is 23.8 Å². The molecule has 1 aliphatic carbocycles. The lowest BCUT2D eigenvalue weighted by molar-refractivity contribution is 0.0909. The summed E-state index contributed by atoms with van der Waals surface area (Å²) in [6.07, 6.45) is 3.22. The fraction of sp³-hybridized carbons (Fsp3) is 0.308. The van der Waals surface area contributed by atoms with Crippen molar-refractivity contribution in [1.82, 2.24) is 4.57 Å². The predicted molar refractivity (Wildman–Crippen MR) is 130 cm³/mol. The number of methoxy groups -OCH3 is 2. The Balaban J connectivity index is 1.82. The number of nitrogens with one attached hydrogen (secondary N) is 1. The Hall–Kier alpha value is -3.94. The summed E-state index contributed by atoms with van der Waals surface area (Å²) in [5, 5.41) is 13.5. The number of hydrogen-bond acceptors (Lipinski definition) is 6. The summed E-state index contributed by atoms with van der Waals surface area (Å²) < 4.78 is 12.5. The standard InChI is InChI=1S/C26H29N3O5/c1-14-13-29(19-11-26(2,3)12-21(31)23(14)19)16-6-7-17(25(27)32)18(10-16)28-15-8-20(30)24(34-5)22(9-15)33-4/h6-10,13,28,30H,11-12H2,1-5H3,(H2,27,32). The Morgan fingerprint density at radius 3 is 2.53 bits per heavy atom. The van der Waals surface area contributed by atoms with Gasteiger partial charge < -0.3 is 30.2 Å². The summed E-state index contributed by atoms with van der Waals surface area (Å²) >= 11 is 0. The van der Waals surface area contributed by atoms with Gasteiger partial charge in [-0.2, -0.15) is 0 Å². The maximum atomic E-state index is 12.8. The molecule has 1 aromatic heterocycles. The number of aryl methyl sites for hydroxylation is 1. The molecular weight excluding hydrogens is 434 g/mol. The van der Waals surface area contributed by atoms with Crippen LogP contribution in [0.25, 0.3) is 5.69 Å². The van der Waals surface area contributed by atoms with E-state index in [9.17, 15) is 14.7 Å². The molecule has 3 aromatic rings. The lowest BCUT2D eigenvalue weighted by atomic mass is 9.75. The van der Waals surface area contributed by atoms with Crippen LogP contribution in [0.5, 0.6) is 17.2 Å². The van der Waals surface area contributed by atoms with Crippen molar-refractivity contribution in [3.8, 4) is 22.9 Å². The molecule has 0 radical (unpaired) electrons. The van der Waals surface area contributed by atoms with Crippen molar-refractivity contribution in [2.24, 2.45) is 11.1 Å². The number of hydrogen-bond donors (Lipinski definition) is 3. The Labute approximate surface area is 198 Å². The summed E-state index contributed by atoms with van der Waals surface area (Å²) in [4.78, 5) is 25.0. The molecular formula is C26H29N3O5. The molecule has 0 unspecified atom stereocenters. The van der Waals surface area contributed by atoms with Gasteiger partial charge in [0.2, 0.25) is 5.75 Å². The molecule has 0 atom stereocenters. The van der Waals surface area contributed by atoms with Crippen molar-refractivity contribution in [3.63, 3.8) is 0 Å². The van der Waals surface area contributed by atoms with Gasteiger partial charge in [0, 0.05) is 47.4 Å². The van der Waals surface area contributed by atoms with Crippen molar-refractivity contribution >= 4 is 23.1 Å². The van der Waals surface area contributed by atoms with Crippen molar-refractivity contribution < 1.29 is 24.2 Å². The normalized spacial score (nSPS) is 14.4. The number of nitrogens with zero attached hydrogens (tertiary/aromatic N) is 1. The molecule has 2 aromatic carbocycles. The summed E-state index contributed by atoms with van der Waals surface area (Å²) in [6.45, 7) is 6.12. The van der Waals surface area contributed by atoms with E-state index < -0.39 is 5.91 Å². The minimum Gasteiger partial charge on any atom is -0.504 e. The second kappa shape index (κ2) is 8.44. The molecule has 0 saturated heterocycles. The zero-order valence-corrected chi connectivity index (χ0v) is 20.0. The number of ketones is 1. The third-order valence-electron chi connectivity index (χ3n) is 6.15. The smallest absolute Gasteiger partial charge is 0.250 e. The first-order valence-electron chi connectivity index (χ1n) is 10.9. The summed E-state index contributed by atoms with van der Waals surface area (Å²) in [7, 11) is 2.90. The topological polar surface area (TPSA) is 116 Å². The highest BCUT2D eigenvalue weighted by molar-refractivity contribution is 6.01.